The molecule has 1 aliphatic rings. The van der Waals surface area contributed by atoms with Gasteiger partial charge in [0.2, 0.25) is 5.88 Å². The highest BCUT2D eigenvalue weighted by atomic mass is 19.1. The SMILES string of the molecule is CC1Cc2c(ncnc2Oc2ccc3[nH]ccc3c2F)CN1C(=O)OC(C)(C)C. The zero-order valence-corrected chi connectivity index (χ0v) is 16.8. The number of nitrogens with one attached hydrogen (secondary N) is 1. The number of carbonyl (C=O) groups excluding carboxylic acids is 1. The highest BCUT2D eigenvalue weighted by molar-refractivity contribution is 5.81. The van der Waals surface area contributed by atoms with E-state index in [-0.39, 0.29) is 24.4 Å². The third-order valence-electron chi connectivity index (χ3n) is 4.81. The summed E-state index contributed by atoms with van der Waals surface area (Å²) in [5.41, 5.74) is 1.56. The van der Waals surface area contributed by atoms with Crippen molar-refractivity contribution >= 4 is 17.0 Å². The Morgan fingerprint density at radius 2 is 2.07 bits per heavy atom. The zero-order chi connectivity index (χ0) is 20.8. The summed E-state index contributed by atoms with van der Waals surface area (Å²) in [7, 11) is 0. The van der Waals surface area contributed by atoms with Crippen LogP contribution in [0.4, 0.5) is 9.18 Å². The van der Waals surface area contributed by atoms with E-state index in [0.29, 0.717) is 28.9 Å². The minimum atomic E-state index is -0.578. The van der Waals surface area contributed by atoms with Gasteiger partial charge >= 0.3 is 6.09 Å². The van der Waals surface area contributed by atoms with Crippen LogP contribution in [-0.4, -0.2) is 37.6 Å². The zero-order valence-electron chi connectivity index (χ0n) is 16.8. The highest BCUT2D eigenvalue weighted by Crippen LogP contribution is 2.34. The van der Waals surface area contributed by atoms with Gasteiger partial charge in [-0.15, -0.1) is 0 Å². The molecule has 7 nitrogen and oxygen atoms in total. The number of nitrogens with zero attached hydrogens (tertiary/aromatic N) is 3. The number of hydrogen-bond donors (Lipinski definition) is 1. The van der Waals surface area contributed by atoms with E-state index in [1.807, 2.05) is 27.7 Å². The smallest absolute Gasteiger partial charge is 0.410 e. The Bertz CT molecular complexity index is 1070. The number of carbonyl (C=O) groups is 1. The molecule has 0 spiro atoms. The second-order valence-electron chi connectivity index (χ2n) is 8.18. The van der Waals surface area contributed by atoms with Crippen molar-refractivity contribution in [2.24, 2.45) is 0 Å². The minimum absolute atomic E-state index is 0.0974. The van der Waals surface area contributed by atoms with E-state index in [0.717, 1.165) is 5.56 Å². The van der Waals surface area contributed by atoms with Crippen LogP contribution < -0.4 is 4.74 Å². The normalized spacial score (nSPS) is 16.6. The molecular formula is C21H23FN4O3. The molecule has 1 aromatic carbocycles. The van der Waals surface area contributed by atoms with Crippen molar-refractivity contribution in [1.29, 1.82) is 0 Å². The van der Waals surface area contributed by atoms with Gasteiger partial charge in [0.25, 0.3) is 0 Å². The first-order valence-electron chi connectivity index (χ1n) is 9.49. The first kappa shape index (κ1) is 19.2. The lowest BCUT2D eigenvalue weighted by Gasteiger charge is -2.35. The summed E-state index contributed by atoms with van der Waals surface area (Å²) in [5, 5.41) is 0.454. The van der Waals surface area contributed by atoms with E-state index >= 15 is 0 Å². The number of amides is 1. The Morgan fingerprint density at radius 3 is 2.83 bits per heavy atom. The van der Waals surface area contributed by atoms with E-state index in [4.69, 9.17) is 9.47 Å². The summed E-state index contributed by atoms with van der Waals surface area (Å²) in [6.45, 7) is 7.70. The van der Waals surface area contributed by atoms with Crippen LogP contribution in [0.5, 0.6) is 11.6 Å². The van der Waals surface area contributed by atoms with Crippen LogP contribution in [0.15, 0.2) is 30.7 Å². The minimum Gasteiger partial charge on any atom is -0.444 e. The standard InChI is InChI=1S/C21H23FN4O3/c1-12-9-14-16(10-26(12)20(27)29-21(2,3)4)24-11-25-19(14)28-17-6-5-15-13(18(17)22)7-8-23-15/h5-8,11-12,23H,9-10H2,1-4H3. The summed E-state index contributed by atoms with van der Waals surface area (Å²) in [5.74, 6) is -0.0462. The molecule has 8 heteroatoms. The molecule has 1 atom stereocenters. The topological polar surface area (TPSA) is 80.3 Å². The van der Waals surface area contributed by atoms with E-state index < -0.39 is 11.4 Å². The molecular weight excluding hydrogens is 375 g/mol. The van der Waals surface area contributed by atoms with Gasteiger partial charge in [0.15, 0.2) is 11.6 Å². The Kier molecular flexibility index (Phi) is 4.64. The quantitative estimate of drug-likeness (QED) is 0.684. The molecule has 1 N–H and O–H groups in total. The number of H-pyrrole nitrogens is 1. The largest absolute Gasteiger partial charge is 0.444 e. The van der Waals surface area contributed by atoms with E-state index in [1.54, 1.807) is 29.3 Å². The fraction of sp³-hybridized carbons (Fsp3) is 0.381. The number of aromatic amines is 1. The molecule has 2 aromatic heterocycles. The molecule has 29 heavy (non-hydrogen) atoms. The predicted molar refractivity (Wildman–Crippen MR) is 105 cm³/mol. The van der Waals surface area contributed by atoms with Gasteiger partial charge in [-0.05, 0) is 52.3 Å². The monoisotopic (exact) mass is 398 g/mol. The van der Waals surface area contributed by atoms with Crippen LogP contribution in [0.3, 0.4) is 0 Å². The molecule has 4 rings (SSSR count). The Labute approximate surface area is 167 Å². The van der Waals surface area contributed by atoms with Gasteiger partial charge in [0.1, 0.15) is 11.9 Å². The summed E-state index contributed by atoms with van der Waals surface area (Å²) < 4.78 is 26.1. The average Bonchev–Trinajstić information content (AvgIpc) is 3.12. The van der Waals surface area contributed by atoms with Crippen molar-refractivity contribution in [3.05, 3.63) is 47.8 Å². The summed E-state index contributed by atoms with van der Waals surface area (Å²) in [6, 6.07) is 4.85. The molecule has 0 saturated carbocycles. The van der Waals surface area contributed by atoms with Crippen LogP contribution in [0.2, 0.25) is 0 Å². The van der Waals surface area contributed by atoms with Crippen molar-refractivity contribution < 1.29 is 18.7 Å². The van der Waals surface area contributed by atoms with Gasteiger partial charge in [0.05, 0.1) is 12.2 Å². The first-order chi connectivity index (χ1) is 13.7. The first-order valence-corrected chi connectivity index (χ1v) is 9.49. The van der Waals surface area contributed by atoms with Crippen LogP contribution in [0.1, 0.15) is 39.0 Å². The van der Waals surface area contributed by atoms with Crippen LogP contribution in [0, 0.1) is 5.82 Å². The maximum Gasteiger partial charge on any atom is 0.410 e. The third kappa shape index (κ3) is 3.74. The van der Waals surface area contributed by atoms with E-state index in [2.05, 4.69) is 15.0 Å². The molecule has 1 aliphatic heterocycles. The average molecular weight is 398 g/mol. The molecule has 3 heterocycles. The molecule has 0 fully saturated rings. The van der Waals surface area contributed by atoms with E-state index in [9.17, 15) is 9.18 Å². The molecule has 0 saturated heterocycles. The molecule has 1 amide bonds. The second-order valence-corrected chi connectivity index (χ2v) is 8.18. The lowest BCUT2D eigenvalue weighted by molar-refractivity contribution is 0.0133. The fourth-order valence-corrected chi connectivity index (χ4v) is 3.41. The highest BCUT2D eigenvalue weighted by Gasteiger charge is 2.33. The molecule has 152 valence electrons. The summed E-state index contributed by atoms with van der Waals surface area (Å²) in [6.07, 6.45) is 3.14. The van der Waals surface area contributed by atoms with Gasteiger partial charge in [-0.2, -0.15) is 0 Å². The number of hydrogen-bond acceptors (Lipinski definition) is 5. The Hall–Kier alpha value is -3.16. The number of aromatic nitrogens is 3. The van der Waals surface area contributed by atoms with Crippen molar-refractivity contribution in [3.63, 3.8) is 0 Å². The molecule has 0 radical (unpaired) electrons. The summed E-state index contributed by atoms with van der Waals surface area (Å²) >= 11 is 0. The van der Waals surface area contributed by atoms with Crippen LogP contribution in [-0.2, 0) is 17.7 Å². The lowest BCUT2D eigenvalue weighted by Crippen LogP contribution is -2.45. The predicted octanol–water partition coefficient (Wildman–Crippen LogP) is 4.57. The second kappa shape index (κ2) is 7.02. The Balaban J connectivity index is 1.62. The van der Waals surface area contributed by atoms with Crippen molar-refractivity contribution in [1.82, 2.24) is 19.9 Å². The fourth-order valence-electron chi connectivity index (χ4n) is 3.41. The van der Waals surface area contributed by atoms with Gasteiger partial charge in [-0.1, -0.05) is 0 Å². The number of rotatable bonds is 2. The number of fused-ring (bicyclic) bond motifs is 2. The summed E-state index contributed by atoms with van der Waals surface area (Å²) in [4.78, 5) is 25.7. The maximum absolute atomic E-state index is 14.8. The molecule has 1 unspecified atom stereocenters. The molecule has 3 aromatic rings. The van der Waals surface area contributed by atoms with Crippen molar-refractivity contribution in [2.75, 3.05) is 0 Å². The number of ether oxygens (including phenoxy) is 2. The third-order valence-corrected chi connectivity index (χ3v) is 4.81. The number of halogens is 1. The van der Waals surface area contributed by atoms with Gasteiger partial charge in [-0.25, -0.2) is 19.2 Å². The maximum atomic E-state index is 14.8. The van der Waals surface area contributed by atoms with E-state index in [1.165, 1.54) is 6.33 Å². The molecule has 0 aliphatic carbocycles. The van der Waals surface area contributed by atoms with Crippen LogP contribution in [0.25, 0.3) is 10.9 Å². The van der Waals surface area contributed by atoms with Crippen LogP contribution >= 0.6 is 0 Å². The van der Waals surface area contributed by atoms with Gasteiger partial charge < -0.3 is 14.5 Å². The van der Waals surface area contributed by atoms with Crippen molar-refractivity contribution in [3.8, 4) is 11.6 Å². The Morgan fingerprint density at radius 1 is 1.28 bits per heavy atom. The molecule has 0 bridgehead atoms. The van der Waals surface area contributed by atoms with Crippen molar-refractivity contribution in [2.45, 2.75) is 52.3 Å². The van der Waals surface area contributed by atoms with Gasteiger partial charge in [-0.3, -0.25) is 4.90 Å². The van der Waals surface area contributed by atoms with Gasteiger partial charge in [0, 0.05) is 28.7 Å². The lowest BCUT2D eigenvalue weighted by atomic mass is 10.00. The number of benzene rings is 1.